The molecule has 0 saturated carbocycles. The smallest absolute Gasteiger partial charge is 0.336 e. The topological polar surface area (TPSA) is 96.9 Å². The number of carbonyl (C=O) groups is 2. The van der Waals surface area contributed by atoms with Crippen LogP contribution in [0.1, 0.15) is 15.9 Å². The fraction of sp³-hybridized carbons (Fsp3) is 0.429. The largest absolute Gasteiger partial charge is 0.478 e. The first-order valence-electron chi connectivity index (χ1n) is 6.39. The van der Waals surface area contributed by atoms with Gasteiger partial charge in [-0.1, -0.05) is 6.07 Å². The van der Waals surface area contributed by atoms with Crippen molar-refractivity contribution in [3.8, 4) is 0 Å². The molecule has 1 atom stereocenters. The lowest BCUT2D eigenvalue weighted by atomic mass is 10.1. The standard InChI is InChI=1S/C14H20N2O5/c1-9-11(13(17)18)5-4-6-12(9)16-14(19)15-7-10(21-3)8-20-2/h4-6,10H,7-8H2,1-3H3,(H,17,18)(H2,15,16,19). The van der Waals surface area contributed by atoms with Crippen LogP contribution in [0, 0.1) is 6.92 Å². The van der Waals surface area contributed by atoms with Gasteiger partial charge >= 0.3 is 12.0 Å². The molecule has 116 valence electrons. The van der Waals surface area contributed by atoms with Crippen LogP contribution in [-0.4, -0.2) is 50.6 Å². The summed E-state index contributed by atoms with van der Waals surface area (Å²) < 4.78 is 10.1. The molecule has 1 aromatic rings. The van der Waals surface area contributed by atoms with Crippen LogP contribution in [0.4, 0.5) is 10.5 Å². The van der Waals surface area contributed by atoms with Crippen molar-refractivity contribution in [1.82, 2.24) is 5.32 Å². The molecule has 0 radical (unpaired) electrons. The van der Waals surface area contributed by atoms with Gasteiger partial charge in [-0.05, 0) is 24.6 Å². The number of carboxylic acids is 1. The Morgan fingerprint density at radius 1 is 1.33 bits per heavy atom. The van der Waals surface area contributed by atoms with E-state index >= 15 is 0 Å². The molecule has 21 heavy (non-hydrogen) atoms. The van der Waals surface area contributed by atoms with Gasteiger partial charge in [-0.2, -0.15) is 0 Å². The highest BCUT2D eigenvalue weighted by molar-refractivity contribution is 5.95. The number of hydrogen-bond acceptors (Lipinski definition) is 4. The molecular formula is C14H20N2O5. The molecule has 0 heterocycles. The van der Waals surface area contributed by atoms with Crippen molar-refractivity contribution in [2.75, 3.05) is 32.7 Å². The van der Waals surface area contributed by atoms with Gasteiger partial charge in [0, 0.05) is 26.5 Å². The first-order valence-corrected chi connectivity index (χ1v) is 6.39. The van der Waals surface area contributed by atoms with E-state index in [0.717, 1.165) is 0 Å². The molecule has 0 saturated heterocycles. The van der Waals surface area contributed by atoms with Crippen LogP contribution in [-0.2, 0) is 9.47 Å². The summed E-state index contributed by atoms with van der Waals surface area (Å²) in [5, 5.41) is 14.3. The van der Waals surface area contributed by atoms with E-state index in [1.54, 1.807) is 26.2 Å². The molecule has 2 amide bonds. The Balaban J connectivity index is 2.63. The SMILES string of the molecule is COCC(CNC(=O)Nc1cccc(C(=O)O)c1C)OC. The van der Waals surface area contributed by atoms with Gasteiger partial charge < -0.3 is 25.2 Å². The van der Waals surface area contributed by atoms with Gasteiger partial charge in [0.15, 0.2) is 0 Å². The predicted molar refractivity (Wildman–Crippen MR) is 77.8 cm³/mol. The number of aromatic carboxylic acids is 1. The molecule has 0 aliphatic rings. The van der Waals surface area contributed by atoms with Gasteiger partial charge in [-0.25, -0.2) is 9.59 Å². The van der Waals surface area contributed by atoms with Crippen LogP contribution in [0.5, 0.6) is 0 Å². The maximum Gasteiger partial charge on any atom is 0.336 e. The summed E-state index contributed by atoms with van der Waals surface area (Å²) in [5.41, 5.74) is 1.11. The molecule has 1 unspecified atom stereocenters. The number of hydrogen-bond donors (Lipinski definition) is 3. The third-order valence-electron chi connectivity index (χ3n) is 2.99. The molecule has 0 aromatic heterocycles. The fourth-order valence-corrected chi connectivity index (χ4v) is 1.77. The molecule has 7 nitrogen and oxygen atoms in total. The molecule has 0 fully saturated rings. The average molecular weight is 296 g/mol. The number of nitrogens with one attached hydrogen (secondary N) is 2. The van der Waals surface area contributed by atoms with Crippen molar-refractivity contribution in [3.05, 3.63) is 29.3 Å². The number of carbonyl (C=O) groups excluding carboxylic acids is 1. The number of carboxylic acid groups (broad SMARTS) is 1. The van der Waals surface area contributed by atoms with Crippen molar-refractivity contribution >= 4 is 17.7 Å². The minimum Gasteiger partial charge on any atom is -0.478 e. The van der Waals surface area contributed by atoms with E-state index in [-0.39, 0.29) is 18.2 Å². The first kappa shape index (κ1) is 16.9. The highest BCUT2D eigenvalue weighted by Crippen LogP contribution is 2.18. The Kier molecular flexibility index (Phi) is 6.64. The lowest BCUT2D eigenvalue weighted by Gasteiger charge is -2.16. The van der Waals surface area contributed by atoms with E-state index in [1.165, 1.54) is 13.2 Å². The molecule has 0 spiro atoms. The second-order valence-corrected chi connectivity index (χ2v) is 4.43. The molecule has 0 aliphatic heterocycles. The van der Waals surface area contributed by atoms with E-state index in [0.29, 0.717) is 17.9 Å². The highest BCUT2D eigenvalue weighted by Gasteiger charge is 2.13. The van der Waals surface area contributed by atoms with Crippen molar-refractivity contribution in [3.63, 3.8) is 0 Å². The average Bonchev–Trinajstić information content (AvgIpc) is 2.45. The zero-order valence-electron chi connectivity index (χ0n) is 12.3. The number of urea groups is 1. The van der Waals surface area contributed by atoms with Crippen molar-refractivity contribution in [2.24, 2.45) is 0 Å². The zero-order chi connectivity index (χ0) is 15.8. The van der Waals surface area contributed by atoms with Crippen LogP contribution in [0.15, 0.2) is 18.2 Å². The van der Waals surface area contributed by atoms with Crippen LogP contribution in [0.3, 0.4) is 0 Å². The number of ether oxygens (including phenoxy) is 2. The van der Waals surface area contributed by atoms with Crippen molar-refractivity contribution in [1.29, 1.82) is 0 Å². The highest BCUT2D eigenvalue weighted by atomic mass is 16.5. The second-order valence-electron chi connectivity index (χ2n) is 4.43. The summed E-state index contributed by atoms with van der Waals surface area (Å²) in [6, 6.07) is 4.28. The molecule has 1 aromatic carbocycles. The van der Waals surface area contributed by atoms with Gasteiger partial charge in [0.1, 0.15) is 0 Å². The summed E-state index contributed by atoms with van der Waals surface area (Å²) in [6.07, 6.45) is -0.243. The van der Waals surface area contributed by atoms with E-state index < -0.39 is 12.0 Å². The van der Waals surface area contributed by atoms with Gasteiger partial charge in [0.05, 0.1) is 18.3 Å². The van der Waals surface area contributed by atoms with Gasteiger partial charge in [0.25, 0.3) is 0 Å². The number of methoxy groups -OCH3 is 2. The van der Waals surface area contributed by atoms with Gasteiger partial charge in [-0.15, -0.1) is 0 Å². The normalized spacial score (nSPS) is 11.8. The minimum absolute atomic E-state index is 0.155. The Labute approximate surface area is 123 Å². The summed E-state index contributed by atoms with van der Waals surface area (Å²) in [7, 11) is 3.08. The van der Waals surface area contributed by atoms with Crippen molar-refractivity contribution < 1.29 is 24.2 Å². The Morgan fingerprint density at radius 2 is 2.05 bits per heavy atom. The van der Waals surface area contributed by atoms with Crippen LogP contribution < -0.4 is 10.6 Å². The van der Waals surface area contributed by atoms with Crippen LogP contribution >= 0.6 is 0 Å². The predicted octanol–water partition coefficient (Wildman–Crippen LogP) is 1.48. The maximum absolute atomic E-state index is 11.8. The summed E-state index contributed by atoms with van der Waals surface area (Å²) in [6.45, 7) is 2.29. The van der Waals surface area contributed by atoms with Gasteiger partial charge in [0.2, 0.25) is 0 Å². The van der Waals surface area contributed by atoms with E-state index in [4.69, 9.17) is 14.6 Å². The van der Waals surface area contributed by atoms with Crippen LogP contribution in [0.25, 0.3) is 0 Å². The third-order valence-corrected chi connectivity index (χ3v) is 2.99. The molecule has 0 aliphatic carbocycles. The summed E-state index contributed by atoms with van der Waals surface area (Å²) in [4.78, 5) is 22.8. The Hall–Kier alpha value is -2.12. The zero-order valence-corrected chi connectivity index (χ0v) is 12.3. The molecule has 0 bridgehead atoms. The third kappa shape index (κ3) is 5.05. The Morgan fingerprint density at radius 3 is 2.62 bits per heavy atom. The molecule has 7 heteroatoms. The van der Waals surface area contributed by atoms with E-state index in [1.807, 2.05) is 0 Å². The van der Waals surface area contributed by atoms with Gasteiger partial charge in [-0.3, -0.25) is 0 Å². The molecule has 3 N–H and O–H groups in total. The van der Waals surface area contributed by atoms with Crippen LogP contribution in [0.2, 0.25) is 0 Å². The number of benzene rings is 1. The lowest BCUT2D eigenvalue weighted by Crippen LogP contribution is -2.38. The summed E-state index contributed by atoms with van der Waals surface area (Å²) >= 11 is 0. The summed E-state index contributed by atoms with van der Waals surface area (Å²) in [5.74, 6) is -1.03. The van der Waals surface area contributed by atoms with E-state index in [9.17, 15) is 9.59 Å². The fourth-order valence-electron chi connectivity index (χ4n) is 1.77. The van der Waals surface area contributed by atoms with E-state index in [2.05, 4.69) is 10.6 Å². The second kappa shape index (κ2) is 8.23. The molecular weight excluding hydrogens is 276 g/mol. The quantitative estimate of drug-likeness (QED) is 0.708. The number of amides is 2. The monoisotopic (exact) mass is 296 g/mol. The number of anilines is 1. The molecule has 1 rings (SSSR count). The first-order chi connectivity index (χ1) is 9.99. The number of rotatable bonds is 7. The van der Waals surface area contributed by atoms with Crippen molar-refractivity contribution in [2.45, 2.75) is 13.0 Å². The maximum atomic E-state index is 11.8. The minimum atomic E-state index is -1.03. The Bertz CT molecular complexity index is 504. The lowest BCUT2D eigenvalue weighted by molar-refractivity contribution is 0.0307.